The fraction of sp³-hybridized carbons (Fsp3) is 0.154. The van der Waals surface area contributed by atoms with Crippen molar-refractivity contribution < 1.29 is 0 Å². The SMILES string of the molecule is Cc1c(N)nnn1Cc1csc(-c2ccccc2)n1. The molecule has 0 amide bonds. The normalized spacial score (nSPS) is 10.8. The first kappa shape index (κ1) is 11.9. The van der Waals surface area contributed by atoms with Crippen molar-refractivity contribution in [1.29, 1.82) is 0 Å². The molecule has 2 N–H and O–H groups in total. The molecular formula is C13H13N5S. The van der Waals surface area contributed by atoms with Gasteiger partial charge in [0.1, 0.15) is 5.01 Å². The minimum absolute atomic E-state index is 0.471. The lowest BCUT2D eigenvalue weighted by molar-refractivity contribution is 0.625. The molecule has 0 fully saturated rings. The summed E-state index contributed by atoms with van der Waals surface area (Å²) in [5, 5.41) is 10.9. The zero-order valence-electron chi connectivity index (χ0n) is 10.4. The summed E-state index contributed by atoms with van der Waals surface area (Å²) in [5.41, 5.74) is 8.65. The first-order chi connectivity index (χ1) is 9.24. The predicted molar refractivity (Wildman–Crippen MR) is 75.8 cm³/mol. The summed E-state index contributed by atoms with van der Waals surface area (Å²) in [4.78, 5) is 4.62. The quantitative estimate of drug-likeness (QED) is 0.793. The number of thiazole rings is 1. The number of nitrogens with zero attached hydrogens (tertiary/aromatic N) is 4. The molecule has 5 nitrogen and oxygen atoms in total. The fourth-order valence-corrected chi connectivity index (χ4v) is 2.59. The number of rotatable bonds is 3. The lowest BCUT2D eigenvalue weighted by atomic mass is 10.2. The van der Waals surface area contributed by atoms with Crippen LogP contribution in [0.15, 0.2) is 35.7 Å². The summed E-state index contributed by atoms with van der Waals surface area (Å²) >= 11 is 1.63. The van der Waals surface area contributed by atoms with E-state index in [1.807, 2.05) is 30.5 Å². The molecule has 96 valence electrons. The summed E-state index contributed by atoms with van der Waals surface area (Å²) in [7, 11) is 0. The van der Waals surface area contributed by atoms with Gasteiger partial charge in [-0.1, -0.05) is 35.5 Å². The lowest BCUT2D eigenvalue weighted by Crippen LogP contribution is -2.04. The highest BCUT2D eigenvalue weighted by Crippen LogP contribution is 2.23. The molecule has 2 heterocycles. The Morgan fingerprint density at radius 2 is 2.05 bits per heavy atom. The Morgan fingerprint density at radius 1 is 1.26 bits per heavy atom. The van der Waals surface area contributed by atoms with Crippen molar-refractivity contribution in [2.24, 2.45) is 0 Å². The first-order valence-electron chi connectivity index (χ1n) is 5.89. The van der Waals surface area contributed by atoms with Crippen LogP contribution in [0.1, 0.15) is 11.4 Å². The summed E-state index contributed by atoms with van der Waals surface area (Å²) < 4.78 is 1.76. The summed E-state index contributed by atoms with van der Waals surface area (Å²) in [5.74, 6) is 0.471. The van der Waals surface area contributed by atoms with Crippen molar-refractivity contribution >= 4 is 17.2 Å². The average molecular weight is 271 g/mol. The van der Waals surface area contributed by atoms with Gasteiger partial charge in [0.05, 0.1) is 17.9 Å². The molecule has 0 aliphatic rings. The van der Waals surface area contributed by atoms with Crippen LogP contribution < -0.4 is 5.73 Å². The monoisotopic (exact) mass is 271 g/mol. The smallest absolute Gasteiger partial charge is 0.168 e. The van der Waals surface area contributed by atoms with Gasteiger partial charge in [-0.2, -0.15) is 0 Å². The highest BCUT2D eigenvalue weighted by molar-refractivity contribution is 7.13. The van der Waals surface area contributed by atoms with Crippen LogP contribution in [-0.2, 0) is 6.54 Å². The summed E-state index contributed by atoms with van der Waals surface area (Å²) in [6.07, 6.45) is 0. The van der Waals surface area contributed by atoms with Crippen molar-refractivity contribution in [1.82, 2.24) is 20.0 Å². The lowest BCUT2D eigenvalue weighted by Gasteiger charge is -1.99. The van der Waals surface area contributed by atoms with Gasteiger partial charge < -0.3 is 5.73 Å². The van der Waals surface area contributed by atoms with E-state index in [1.165, 1.54) is 0 Å². The summed E-state index contributed by atoms with van der Waals surface area (Å²) in [6, 6.07) is 10.1. The molecule has 19 heavy (non-hydrogen) atoms. The van der Waals surface area contributed by atoms with Gasteiger partial charge in [0.25, 0.3) is 0 Å². The number of hydrogen-bond donors (Lipinski definition) is 1. The van der Waals surface area contributed by atoms with Crippen LogP contribution >= 0.6 is 11.3 Å². The number of benzene rings is 1. The Kier molecular flexibility index (Phi) is 3.00. The van der Waals surface area contributed by atoms with Gasteiger partial charge in [-0.15, -0.1) is 16.4 Å². The van der Waals surface area contributed by atoms with E-state index in [0.717, 1.165) is 22.0 Å². The van der Waals surface area contributed by atoms with Crippen molar-refractivity contribution in [2.75, 3.05) is 5.73 Å². The van der Waals surface area contributed by atoms with E-state index >= 15 is 0 Å². The molecule has 1 aromatic carbocycles. The second-order valence-electron chi connectivity index (χ2n) is 4.23. The molecule has 0 unspecified atom stereocenters. The topological polar surface area (TPSA) is 69.6 Å². The van der Waals surface area contributed by atoms with Gasteiger partial charge >= 0.3 is 0 Å². The van der Waals surface area contributed by atoms with Crippen molar-refractivity contribution in [3.8, 4) is 10.6 Å². The standard InChI is InChI=1S/C13H13N5S/c1-9-12(14)16-17-18(9)7-11-8-19-13(15-11)10-5-3-2-4-6-10/h2-6,8H,7,14H2,1H3. The third kappa shape index (κ3) is 2.34. The Balaban J connectivity index is 1.84. The largest absolute Gasteiger partial charge is 0.381 e. The minimum atomic E-state index is 0.471. The molecule has 3 rings (SSSR count). The fourth-order valence-electron chi connectivity index (χ4n) is 1.77. The van der Waals surface area contributed by atoms with E-state index in [1.54, 1.807) is 16.0 Å². The van der Waals surface area contributed by atoms with E-state index < -0.39 is 0 Å². The first-order valence-corrected chi connectivity index (χ1v) is 6.77. The highest BCUT2D eigenvalue weighted by atomic mass is 32.1. The molecule has 0 saturated heterocycles. The molecule has 0 atom stereocenters. The molecule has 0 saturated carbocycles. The summed E-state index contributed by atoms with van der Waals surface area (Å²) in [6.45, 7) is 2.50. The number of nitrogen functional groups attached to an aromatic ring is 1. The van der Waals surface area contributed by atoms with E-state index in [2.05, 4.69) is 27.4 Å². The van der Waals surface area contributed by atoms with E-state index in [-0.39, 0.29) is 0 Å². The second-order valence-corrected chi connectivity index (χ2v) is 5.09. The molecule has 0 bridgehead atoms. The van der Waals surface area contributed by atoms with Gasteiger partial charge in [-0.3, -0.25) is 0 Å². The van der Waals surface area contributed by atoms with Gasteiger partial charge in [-0.05, 0) is 6.92 Å². The molecule has 6 heteroatoms. The molecule has 3 aromatic rings. The molecule has 0 aliphatic heterocycles. The van der Waals surface area contributed by atoms with E-state index in [9.17, 15) is 0 Å². The van der Waals surface area contributed by atoms with Crippen LogP contribution in [0.25, 0.3) is 10.6 Å². The van der Waals surface area contributed by atoms with Crippen LogP contribution in [-0.4, -0.2) is 20.0 Å². The number of anilines is 1. The van der Waals surface area contributed by atoms with Crippen LogP contribution in [0.5, 0.6) is 0 Å². The van der Waals surface area contributed by atoms with E-state index in [4.69, 9.17) is 5.73 Å². The van der Waals surface area contributed by atoms with Crippen LogP contribution in [0, 0.1) is 6.92 Å². The van der Waals surface area contributed by atoms with Crippen LogP contribution in [0.3, 0.4) is 0 Å². The van der Waals surface area contributed by atoms with E-state index in [0.29, 0.717) is 12.4 Å². The average Bonchev–Trinajstić information content (AvgIpc) is 3.02. The van der Waals surface area contributed by atoms with Gasteiger partial charge in [0.2, 0.25) is 0 Å². The molecule has 0 radical (unpaired) electrons. The van der Waals surface area contributed by atoms with Gasteiger partial charge in [0, 0.05) is 10.9 Å². The predicted octanol–water partition coefficient (Wildman–Crippen LogP) is 2.34. The minimum Gasteiger partial charge on any atom is -0.381 e. The Hall–Kier alpha value is -2.21. The third-order valence-electron chi connectivity index (χ3n) is 2.90. The van der Waals surface area contributed by atoms with Crippen LogP contribution in [0.2, 0.25) is 0 Å². The zero-order valence-corrected chi connectivity index (χ0v) is 11.3. The van der Waals surface area contributed by atoms with Crippen molar-refractivity contribution in [3.05, 3.63) is 47.1 Å². The van der Waals surface area contributed by atoms with Gasteiger partial charge in [-0.25, -0.2) is 9.67 Å². The molecule has 2 aromatic heterocycles. The molecule has 0 aliphatic carbocycles. The third-order valence-corrected chi connectivity index (χ3v) is 3.84. The van der Waals surface area contributed by atoms with Crippen molar-refractivity contribution in [2.45, 2.75) is 13.5 Å². The van der Waals surface area contributed by atoms with Crippen molar-refractivity contribution in [3.63, 3.8) is 0 Å². The Bertz CT molecular complexity index is 686. The van der Waals surface area contributed by atoms with Gasteiger partial charge in [0.15, 0.2) is 5.82 Å². The maximum absolute atomic E-state index is 5.68. The number of hydrogen-bond acceptors (Lipinski definition) is 5. The zero-order chi connectivity index (χ0) is 13.2. The number of nitrogens with two attached hydrogens (primary N) is 1. The molecule has 0 spiro atoms. The Morgan fingerprint density at radius 3 is 2.74 bits per heavy atom. The molecular weight excluding hydrogens is 258 g/mol. The second kappa shape index (κ2) is 4.81. The maximum atomic E-state index is 5.68. The maximum Gasteiger partial charge on any atom is 0.168 e. The highest BCUT2D eigenvalue weighted by Gasteiger charge is 2.09. The van der Waals surface area contributed by atoms with Crippen LogP contribution in [0.4, 0.5) is 5.82 Å². The number of aromatic nitrogens is 4. The Labute approximate surface area is 114 Å².